The molecule has 0 amide bonds. The van der Waals surface area contributed by atoms with E-state index in [1.807, 2.05) is 33.2 Å². The predicted octanol–water partition coefficient (Wildman–Crippen LogP) is 2.70. The monoisotopic (exact) mass is 344 g/mol. The molecule has 3 nitrogen and oxygen atoms in total. The maximum atomic E-state index is 10.1. The molecule has 1 atom stereocenters. The first-order valence-corrected chi connectivity index (χ1v) is 6.94. The van der Waals surface area contributed by atoms with Crippen LogP contribution in [0.1, 0.15) is 35.4 Å². The minimum Gasteiger partial charge on any atom is -0.374 e. The third-order valence-electron chi connectivity index (χ3n) is 2.73. The number of thiazole rings is 1. The van der Waals surface area contributed by atoms with Crippen molar-refractivity contribution in [3.63, 3.8) is 0 Å². The molecule has 0 bridgehead atoms. The summed E-state index contributed by atoms with van der Waals surface area (Å²) in [4.78, 5) is 6.47. The van der Waals surface area contributed by atoms with Crippen molar-refractivity contribution >= 4 is 38.8 Å². The number of hydrogen-bond acceptors (Lipinski definition) is 3. The van der Waals surface area contributed by atoms with Crippen LogP contribution in [0, 0.1) is 9.85 Å². The molecule has 1 unspecified atom stereocenters. The predicted molar refractivity (Wildman–Crippen MR) is 71.8 cm³/mol. The smallest absolute Gasteiger partial charge is 0.157 e. The lowest BCUT2D eigenvalue weighted by Gasteiger charge is -2.05. The van der Waals surface area contributed by atoms with Crippen molar-refractivity contribution in [2.45, 2.75) is 24.9 Å². The van der Waals surface area contributed by atoms with Crippen LogP contribution in [0.2, 0.25) is 0 Å². The topological polar surface area (TPSA) is 37.5 Å². The van der Waals surface area contributed by atoms with Crippen LogP contribution in [0.5, 0.6) is 0 Å². The molecule has 2 aromatic rings. The largest absolute Gasteiger partial charge is 0.374 e. The summed E-state index contributed by atoms with van der Waals surface area (Å²) in [6.07, 6.45) is 5.36. The second-order valence-electron chi connectivity index (χ2n) is 3.87. The maximum absolute atomic E-state index is 10.1. The molecule has 82 valence electrons. The highest BCUT2D eigenvalue weighted by Gasteiger charge is 2.31. The lowest BCUT2D eigenvalue weighted by atomic mass is 10.2. The molecule has 1 aliphatic carbocycles. The second-order valence-corrected chi connectivity index (χ2v) is 5.47. The average Bonchev–Trinajstić information content (AvgIpc) is 2.88. The van der Waals surface area contributed by atoms with Crippen LogP contribution in [-0.2, 0) is 0 Å². The second kappa shape index (κ2) is 4.02. The van der Waals surface area contributed by atoms with E-state index in [-0.39, 0.29) is 0 Å². The Balaban J connectivity index is 2.19. The van der Waals surface area contributed by atoms with Gasteiger partial charge in [0.25, 0.3) is 0 Å². The number of imidazole rings is 1. The van der Waals surface area contributed by atoms with Gasteiger partial charge >= 0.3 is 0 Å². The maximum Gasteiger partial charge on any atom is 0.157 e. The van der Waals surface area contributed by atoms with Gasteiger partial charge in [0.2, 0.25) is 0 Å². The molecule has 1 saturated carbocycles. The van der Waals surface area contributed by atoms with Gasteiger partial charge in [0.1, 0.15) is 11.2 Å². The zero-order valence-electron chi connectivity index (χ0n) is 8.35. The molecular weight excluding hydrogens is 335 g/mol. The zero-order chi connectivity index (χ0) is 11.1. The summed E-state index contributed by atoms with van der Waals surface area (Å²) in [7, 11) is 0. The summed E-state index contributed by atoms with van der Waals surface area (Å²) < 4.78 is 4.70. The van der Waals surface area contributed by atoms with Gasteiger partial charge < -0.3 is 5.11 Å². The van der Waals surface area contributed by atoms with E-state index in [0.29, 0.717) is 5.92 Å². The van der Waals surface area contributed by atoms with Crippen LogP contribution in [0.4, 0.5) is 0 Å². The van der Waals surface area contributed by atoms with E-state index in [1.54, 1.807) is 17.7 Å². The van der Waals surface area contributed by atoms with Gasteiger partial charge in [0.05, 0.1) is 11.9 Å². The number of rotatable bonds is 2. The van der Waals surface area contributed by atoms with Gasteiger partial charge in [-0.25, -0.2) is 4.98 Å². The van der Waals surface area contributed by atoms with E-state index < -0.39 is 6.10 Å². The summed E-state index contributed by atoms with van der Waals surface area (Å²) in [6.45, 7) is 0. The normalized spacial score (nSPS) is 17.1. The third kappa shape index (κ3) is 1.65. The summed E-state index contributed by atoms with van der Waals surface area (Å²) >= 11 is 3.68. The van der Waals surface area contributed by atoms with Crippen LogP contribution in [-0.4, -0.2) is 14.5 Å². The molecule has 2 aromatic heterocycles. The van der Waals surface area contributed by atoms with Crippen LogP contribution in [0.25, 0.3) is 4.83 Å². The number of hydrogen-bond donors (Lipinski definition) is 1. The first-order valence-electron chi connectivity index (χ1n) is 5.05. The Kier molecular flexibility index (Phi) is 2.65. The fraction of sp³-hybridized carbons (Fsp3) is 0.364. The molecule has 1 fully saturated rings. The van der Waals surface area contributed by atoms with Gasteiger partial charge in [-0.3, -0.25) is 4.40 Å². The Morgan fingerprint density at radius 1 is 1.62 bits per heavy atom. The Morgan fingerprint density at radius 2 is 2.44 bits per heavy atom. The van der Waals surface area contributed by atoms with E-state index >= 15 is 0 Å². The van der Waals surface area contributed by atoms with Crippen LogP contribution in [0.3, 0.4) is 0 Å². The summed E-state index contributed by atoms with van der Waals surface area (Å²) in [5.74, 6) is 3.43. The van der Waals surface area contributed by atoms with Gasteiger partial charge in [-0.05, 0) is 22.7 Å². The summed E-state index contributed by atoms with van der Waals surface area (Å²) in [6, 6.07) is 0. The molecule has 3 rings (SSSR count). The number of aliphatic hydroxyl groups is 1. The number of halogens is 1. The minimum absolute atomic E-state index is 0.630. The first-order chi connectivity index (χ1) is 7.81. The van der Waals surface area contributed by atoms with E-state index in [4.69, 9.17) is 0 Å². The van der Waals surface area contributed by atoms with Crippen molar-refractivity contribution in [2.24, 2.45) is 0 Å². The Hall–Kier alpha value is -0.580. The number of nitrogens with zero attached hydrogens (tertiary/aromatic N) is 2. The molecule has 5 heteroatoms. The van der Waals surface area contributed by atoms with Gasteiger partial charge in [0, 0.05) is 27.5 Å². The van der Waals surface area contributed by atoms with Crippen molar-refractivity contribution < 1.29 is 5.11 Å². The average molecular weight is 344 g/mol. The quantitative estimate of drug-likeness (QED) is 0.672. The molecule has 0 aromatic carbocycles. The number of aliphatic hydroxyl groups excluding tert-OH is 1. The van der Waals surface area contributed by atoms with Crippen molar-refractivity contribution in [1.29, 1.82) is 0 Å². The molecular formula is C11H9IN2OS. The zero-order valence-corrected chi connectivity index (χ0v) is 11.3. The number of aromatic nitrogens is 2. The summed E-state index contributed by atoms with van der Waals surface area (Å²) in [5, 5.41) is 10.1. The molecule has 2 heterocycles. The fourth-order valence-electron chi connectivity index (χ4n) is 1.85. The molecule has 1 aliphatic rings. The van der Waals surface area contributed by atoms with Crippen molar-refractivity contribution in [3.8, 4) is 9.85 Å². The molecule has 16 heavy (non-hydrogen) atoms. The highest BCUT2D eigenvalue weighted by atomic mass is 127. The van der Waals surface area contributed by atoms with Gasteiger partial charge in [0.15, 0.2) is 6.10 Å². The lowest BCUT2D eigenvalue weighted by Crippen LogP contribution is -2.01. The number of fused-ring (bicyclic) bond motifs is 1. The fourth-order valence-corrected chi connectivity index (χ4v) is 3.44. The van der Waals surface area contributed by atoms with Gasteiger partial charge in [-0.1, -0.05) is 5.92 Å². The SMILES string of the molecule is OC(C#CI)c1c(C2CC2)sc2cncn12. The lowest BCUT2D eigenvalue weighted by molar-refractivity contribution is 0.231. The van der Waals surface area contributed by atoms with Crippen LogP contribution >= 0.6 is 33.9 Å². The van der Waals surface area contributed by atoms with Crippen molar-refractivity contribution in [1.82, 2.24) is 9.38 Å². The van der Waals surface area contributed by atoms with Crippen LogP contribution in [0.15, 0.2) is 12.5 Å². The molecule has 1 N–H and O–H groups in total. The molecule has 0 aliphatic heterocycles. The molecule has 0 spiro atoms. The first kappa shape index (κ1) is 10.6. The molecule has 0 saturated heterocycles. The summed E-state index contributed by atoms with van der Waals surface area (Å²) in [5.41, 5.74) is 0.921. The van der Waals surface area contributed by atoms with Gasteiger partial charge in [-0.15, -0.1) is 11.3 Å². The highest BCUT2D eigenvalue weighted by molar-refractivity contribution is 14.1. The Morgan fingerprint density at radius 3 is 3.12 bits per heavy atom. The van der Waals surface area contributed by atoms with E-state index in [9.17, 15) is 5.11 Å². The van der Waals surface area contributed by atoms with Crippen LogP contribution < -0.4 is 0 Å². The standard InChI is InChI=1S/C11H9IN2OS/c12-4-3-8(15)10-11(7-1-2-7)16-9-5-13-6-14(9)10/h5-8,15H,1-2H2. The van der Waals surface area contributed by atoms with E-state index in [0.717, 1.165) is 10.5 Å². The Bertz CT molecular complexity index is 588. The Labute approximate surface area is 111 Å². The van der Waals surface area contributed by atoms with Crippen molar-refractivity contribution in [2.75, 3.05) is 0 Å². The van der Waals surface area contributed by atoms with Gasteiger partial charge in [-0.2, -0.15) is 0 Å². The third-order valence-corrected chi connectivity index (χ3v) is 4.31. The van der Waals surface area contributed by atoms with E-state index in [2.05, 4.69) is 14.8 Å². The highest BCUT2D eigenvalue weighted by Crippen LogP contribution is 2.46. The van der Waals surface area contributed by atoms with Crippen molar-refractivity contribution in [3.05, 3.63) is 23.1 Å². The molecule has 0 radical (unpaired) electrons. The van der Waals surface area contributed by atoms with E-state index in [1.165, 1.54) is 17.7 Å². The minimum atomic E-state index is -0.699.